The smallest absolute Gasteiger partial charge is 0.308 e. The molecule has 0 aliphatic heterocycles. The van der Waals surface area contributed by atoms with Crippen molar-refractivity contribution >= 4 is 5.97 Å². The van der Waals surface area contributed by atoms with Crippen LogP contribution in [-0.2, 0) is 9.53 Å². The minimum Gasteiger partial charge on any atom is -0.458 e. The van der Waals surface area contributed by atoms with Crippen LogP contribution in [0.15, 0.2) is 24.3 Å². The molecule has 1 aromatic rings. The minimum absolute atomic E-state index is 0.0714. The van der Waals surface area contributed by atoms with E-state index in [1.54, 1.807) is 0 Å². The van der Waals surface area contributed by atoms with Gasteiger partial charge in [-0.05, 0) is 19.4 Å². The van der Waals surface area contributed by atoms with E-state index in [4.69, 9.17) is 4.74 Å². The summed E-state index contributed by atoms with van der Waals surface area (Å²) in [6.07, 6.45) is -0.166. The van der Waals surface area contributed by atoms with Crippen LogP contribution in [0.1, 0.15) is 38.0 Å². The highest BCUT2D eigenvalue weighted by Gasteiger charge is 2.14. The van der Waals surface area contributed by atoms with Crippen LogP contribution in [-0.4, -0.2) is 5.97 Å². The van der Waals surface area contributed by atoms with Crippen LogP contribution in [0, 0.1) is 12.8 Å². The Balaban J connectivity index is 2.65. The Bertz CT molecular complexity index is 325. The van der Waals surface area contributed by atoms with Gasteiger partial charge < -0.3 is 4.74 Å². The number of aryl methyl sites for hydroxylation is 1. The van der Waals surface area contributed by atoms with Crippen molar-refractivity contribution in [3.63, 3.8) is 0 Å². The number of ether oxygens (including phenoxy) is 1. The topological polar surface area (TPSA) is 26.3 Å². The number of rotatable bonds is 3. The van der Waals surface area contributed by atoms with E-state index in [2.05, 4.69) is 0 Å². The van der Waals surface area contributed by atoms with Crippen LogP contribution in [0.4, 0.5) is 0 Å². The average molecular weight is 206 g/mol. The molecule has 2 heteroatoms. The summed E-state index contributed by atoms with van der Waals surface area (Å²) in [5.41, 5.74) is 2.25. The maximum atomic E-state index is 11.4. The van der Waals surface area contributed by atoms with Crippen LogP contribution in [0.25, 0.3) is 0 Å². The fourth-order valence-electron chi connectivity index (χ4n) is 1.22. The summed E-state index contributed by atoms with van der Waals surface area (Å²) >= 11 is 0. The van der Waals surface area contributed by atoms with E-state index in [0.29, 0.717) is 0 Å². The molecule has 1 aromatic carbocycles. The Labute approximate surface area is 91.3 Å². The van der Waals surface area contributed by atoms with Crippen molar-refractivity contribution in [1.82, 2.24) is 0 Å². The molecule has 2 nitrogen and oxygen atoms in total. The van der Waals surface area contributed by atoms with Crippen molar-refractivity contribution in [3.05, 3.63) is 35.4 Å². The Hall–Kier alpha value is -1.31. The SMILES string of the molecule is Cc1ccc([C@@H](C)OC(=O)C(C)C)cc1. The third-order valence-corrected chi connectivity index (χ3v) is 2.31. The monoisotopic (exact) mass is 206 g/mol. The second-order valence-corrected chi connectivity index (χ2v) is 4.14. The van der Waals surface area contributed by atoms with Crippen LogP contribution >= 0.6 is 0 Å². The molecule has 1 atom stereocenters. The highest BCUT2D eigenvalue weighted by atomic mass is 16.5. The van der Waals surface area contributed by atoms with Gasteiger partial charge in [0.1, 0.15) is 6.10 Å². The molecule has 0 bridgehead atoms. The first-order valence-corrected chi connectivity index (χ1v) is 5.27. The highest BCUT2D eigenvalue weighted by Crippen LogP contribution is 2.18. The second kappa shape index (κ2) is 4.96. The molecule has 0 N–H and O–H groups in total. The lowest BCUT2D eigenvalue weighted by Gasteiger charge is -2.15. The molecule has 0 radical (unpaired) electrons. The van der Waals surface area contributed by atoms with Gasteiger partial charge in [0.15, 0.2) is 0 Å². The molecule has 0 saturated heterocycles. The highest BCUT2D eigenvalue weighted by molar-refractivity contribution is 5.71. The van der Waals surface area contributed by atoms with Crippen molar-refractivity contribution in [2.24, 2.45) is 5.92 Å². The molecule has 0 saturated carbocycles. The van der Waals surface area contributed by atoms with Crippen molar-refractivity contribution in [2.45, 2.75) is 33.8 Å². The normalized spacial score (nSPS) is 12.6. The number of hydrogen-bond acceptors (Lipinski definition) is 2. The first kappa shape index (κ1) is 11.8. The Morgan fingerprint density at radius 1 is 1.13 bits per heavy atom. The zero-order valence-corrected chi connectivity index (χ0v) is 9.78. The minimum atomic E-state index is -0.166. The van der Waals surface area contributed by atoms with Gasteiger partial charge in [0.05, 0.1) is 5.92 Å². The summed E-state index contributed by atoms with van der Waals surface area (Å²) in [6.45, 7) is 7.61. The average Bonchev–Trinajstić information content (AvgIpc) is 2.18. The molecular weight excluding hydrogens is 188 g/mol. The van der Waals surface area contributed by atoms with Gasteiger partial charge in [-0.1, -0.05) is 43.7 Å². The van der Waals surface area contributed by atoms with Gasteiger partial charge in [-0.15, -0.1) is 0 Å². The standard InChI is InChI=1S/C13H18O2/c1-9(2)13(14)15-11(4)12-7-5-10(3)6-8-12/h5-9,11H,1-4H3/t11-/m1/s1. The Morgan fingerprint density at radius 3 is 2.13 bits per heavy atom. The Morgan fingerprint density at radius 2 is 1.67 bits per heavy atom. The molecule has 0 aliphatic carbocycles. The summed E-state index contributed by atoms with van der Waals surface area (Å²) < 4.78 is 5.30. The molecule has 0 fully saturated rings. The third kappa shape index (κ3) is 3.39. The van der Waals surface area contributed by atoms with Gasteiger partial charge in [-0.2, -0.15) is 0 Å². The number of esters is 1. The van der Waals surface area contributed by atoms with Gasteiger partial charge in [-0.3, -0.25) is 4.79 Å². The molecule has 0 spiro atoms. The van der Waals surface area contributed by atoms with Crippen molar-refractivity contribution < 1.29 is 9.53 Å². The van der Waals surface area contributed by atoms with E-state index < -0.39 is 0 Å². The van der Waals surface area contributed by atoms with E-state index in [9.17, 15) is 4.79 Å². The second-order valence-electron chi connectivity index (χ2n) is 4.14. The molecule has 0 aromatic heterocycles. The Kier molecular flexibility index (Phi) is 3.89. The first-order valence-electron chi connectivity index (χ1n) is 5.27. The first-order chi connectivity index (χ1) is 7.00. The van der Waals surface area contributed by atoms with Crippen molar-refractivity contribution in [1.29, 1.82) is 0 Å². The van der Waals surface area contributed by atoms with E-state index in [0.717, 1.165) is 5.56 Å². The molecule has 1 rings (SSSR count). The van der Waals surface area contributed by atoms with E-state index in [1.807, 2.05) is 52.0 Å². The summed E-state index contributed by atoms with van der Waals surface area (Å²) in [6, 6.07) is 8.03. The fourth-order valence-corrected chi connectivity index (χ4v) is 1.22. The van der Waals surface area contributed by atoms with E-state index >= 15 is 0 Å². The largest absolute Gasteiger partial charge is 0.458 e. The van der Waals surface area contributed by atoms with Gasteiger partial charge >= 0.3 is 5.97 Å². The maximum Gasteiger partial charge on any atom is 0.308 e. The van der Waals surface area contributed by atoms with Gasteiger partial charge in [0.25, 0.3) is 0 Å². The maximum absolute atomic E-state index is 11.4. The zero-order chi connectivity index (χ0) is 11.4. The molecule has 82 valence electrons. The quantitative estimate of drug-likeness (QED) is 0.709. The van der Waals surface area contributed by atoms with Crippen LogP contribution in [0.2, 0.25) is 0 Å². The van der Waals surface area contributed by atoms with Crippen LogP contribution < -0.4 is 0 Å². The zero-order valence-electron chi connectivity index (χ0n) is 9.78. The van der Waals surface area contributed by atoms with Gasteiger partial charge in [0.2, 0.25) is 0 Å². The number of carbonyl (C=O) groups excluding carboxylic acids is 1. The van der Waals surface area contributed by atoms with E-state index in [-0.39, 0.29) is 18.0 Å². The molecule has 0 amide bonds. The van der Waals surface area contributed by atoms with Gasteiger partial charge in [-0.25, -0.2) is 0 Å². The number of benzene rings is 1. The molecule has 15 heavy (non-hydrogen) atoms. The fraction of sp³-hybridized carbons (Fsp3) is 0.462. The van der Waals surface area contributed by atoms with Crippen molar-refractivity contribution in [2.75, 3.05) is 0 Å². The predicted molar refractivity (Wildman–Crippen MR) is 60.5 cm³/mol. The van der Waals surface area contributed by atoms with Crippen LogP contribution in [0.5, 0.6) is 0 Å². The molecular formula is C13H18O2. The molecule has 0 heterocycles. The third-order valence-electron chi connectivity index (χ3n) is 2.31. The van der Waals surface area contributed by atoms with Crippen LogP contribution in [0.3, 0.4) is 0 Å². The predicted octanol–water partition coefficient (Wildman–Crippen LogP) is 3.26. The molecule has 0 unspecified atom stereocenters. The summed E-state index contributed by atoms with van der Waals surface area (Å²) in [5, 5.41) is 0. The summed E-state index contributed by atoms with van der Waals surface area (Å²) in [7, 11) is 0. The lowest BCUT2D eigenvalue weighted by Crippen LogP contribution is -2.14. The lowest BCUT2D eigenvalue weighted by atomic mass is 10.1. The summed E-state index contributed by atoms with van der Waals surface area (Å²) in [4.78, 5) is 11.4. The van der Waals surface area contributed by atoms with E-state index in [1.165, 1.54) is 5.56 Å². The summed E-state index contributed by atoms with van der Waals surface area (Å²) in [5.74, 6) is -0.221. The molecule has 0 aliphatic rings. The number of hydrogen-bond donors (Lipinski definition) is 0. The van der Waals surface area contributed by atoms with Gasteiger partial charge in [0, 0.05) is 0 Å². The lowest BCUT2D eigenvalue weighted by molar-refractivity contribution is -0.152. The van der Waals surface area contributed by atoms with Crippen molar-refractivity contribution in [3.8, 4) is 0 Å². The number of carbonyl (C=O) groups is 1.